The minimum absolute atomic E-state index is 0.0465. The second-order valence-electron chi connectivity index (χ2n) is 5.60. The summed E-state index contributed by atoms with van der Waals surface area (Å²) in [6.07, 6.45) is 0.527. The van der Waals surface area contributed by atoms with Gasteiger partial charge in [0.2, 0.25) is 5.91 Å². The first-order valence-electron chi connectivity index (χ1n) is 7.54. The topological polar surface area (TPSA) is 53.8 Å². The summed E-state index contributed by atoms with van der Waals surface area (Å²) in [6, 6.07) is 5.29. The van der Waals surface area contributed by atoms with Crippen molar-refractivity contribution in [3.8, 4) is 11.3 Å². The van der Waals surface area contributed by atoms with E-state index < -0.39 is 11.6 Å². The Hall–Kier alpha value is -2.70. The van der Waals surface area contributed by atoms with E-state index in [0.29, 0.717) is 32.5 Å². The van der Waals surface area contributed by atoms with Gasteiger partial charge in [0.05, 0.1) is 0 Å². The highest BCUT2D eigenvalue weighted by Gasteiger charge is 2.24. The SMILES string of the molecule is CC(=O)N1CCN(c2c(F)cc(-c3ccc(C=O)o3)cc2F)CC1. The van der Waals surface area contributed by atoms with E-state index >= 15 is 0 Å². The molecule has 0 radical (unpaired) electrons. The molecule has 0 saturated carbocycles. The average Bonchev–Trinajstić information content (AvgIpc) is 3.04. The van der Waals surface area contributed by atoms with E-state index in [-0.39, 0.29) is 28.7 Å². The number of aldehydes is 1. The van der Waals surface area contributed by atoms with Gasteiger partial charge in [0, 0.05) is 38.7 Å². The van der Waals surface area contributed by atoms with Gasteiger partial charge >= 0.3 is 0 Å². The maximum absolute atomic E-state index is 14.5. The monoisotopic (exact) mass is 334 g/mol. The minimum Gasteiger partial charge on any atom is -0.453 e. The first kappa shape index (κ1) is 16.2. The highest BCUT2D eigenvalue weighted by atomic mass is 19.1. The number of piperazine rings is 1. The van der Waals surface area contributed by atoms with Gasteiger partial charge in [0.1, 0.15) is 23.1 Å². The van der Waals surface area contributed by atoms with Crippen molar-refractivity contribution >= 4 is 17.9 Å². The van der Waals surface area contributed by atoms with Crippen LogP contribution in [0.15, 0.2) is 28.7 Å². The number of benzene rings is 1. The fourth-order valence-corrected chi connectivity index (χ4v) is 2.83. The largest absolute Gasteiger partial charge is 0.453 e. The second kappa shape index (κ2) is 6.43. The molecular formula is C17H16F2N2O3. The molecule has 1 aliphatic heterocycles. The third-order valence-electron chi connectivity index (χ3n) is 4.09. The molecule has 1 saturated heterocycles. The van der Waals surface area contributed by atoms with Crippen LogP contribution in [-0.4, -0.2) is 43.3 Å². The first-order valence-corrected chi connectivity index (χ1v) is 7.54. The van der Waals surface area contributed by atoms with Gasteiger partial charge in [-0.15, -0.1) is 0 Å². The number of hydrogen-bond donors (Lipinski definition) is 0. The maximum Gasteiger partial charge on any atom is 0.219 e. The van der Waals surface area contributed by atoms with E-state index in [0.717, 1.165) is 0 Å². The molecule has 1 fully saturated rings. The van der Waals surface area contributed by atoms with Crippen molar-refractivity contribution < 1.29 is 22.8 Å². The molecule has 7 heteroatoms. The van der Waals surface area contributed by atoms with Crippen LogP contribution < -0.4 is 4.90 Å². The van der Waals surface area contributed by atoms with E-state index in [2.05, 4.69) is 0 Å². The Labute approximate surface area is 137 Å². The van der Waals surface area contributed by atoms with Gasteiger partial charge in [0.15, 0.2) is 12.0 Å². The fourth-order valence-electron chi connectivity index (χ4n) is 2.83. The lowest BCUT2D eigenvalue weighted by molar-refractivity contribution is -0.129. The van der Waals surface area contributed by atoms with Crippen LogP contribution in [0, 0.1) is 11.6 Å². The van der Waals surface area contributed by atoms with Crippen molar-refractivity contribution in [2.75, 3.05) is 31.1 Å². The molecule has 1 aromatic carbocycles. The number of furan rings is 1. The summed E-state index contributed by atoms with van der Waals surface area (Å²) in [5.74, 6) is -1.14. The summed E-state index contributed by atoms with van der Waals surface area (Å²) < 4.78 is 34.1. The zero-order valence-electron chi connectivity index (χ0n) is 13.1. The quantitative estimate of drug-likeness (QED) is 0.810. The van der Waals surface area contributed by atoms with Crippen LogP contribution in [0.4, 0.5) is 14.5 Å². The molecule has 1 aliphatic rings. The molecule has 24 heavy (non-hydrogen) atoms. The van der Waals surface area contributed by atoms with Gasteiger partial charge in [-0.3, -0.25) is 9.59 Å². The molecule has 0 spiro atoms. The van der Waals surface area contributed by atoms with Crippen LogP contribution in [0.3, 0.4) is 0 Å². The molecule has 3 rings (SSSR count). The maximum atomic E-state index is 14.5. The number of halogens is 2. The van der Waals surface area contributed by atoms with Crippen LogP contribution >= 0.6 is 0 Å². The molecule has 2 aromatic rings. The molecule has 1 aromatic heterocycles. The summed E-state index contributed by atoms with van der Waals surface area (Å²) in [7, 11) is 0. The Morgan fingerprint density at radius 1 is 1.12 bits per heavy atom. The van der Waals surface area contributed by atoms with Gasteiger partial charge < -0.3 is 14.2 Å². The second-order valence-corrected chi connectivity index (χ2v) is 5.60. The Bertz CT molecular complexity index is 757. The van der Waals surface area contributed by atoms with Gasteiger partial charge in [-0.2, -0.15) is 0 Å². The number of rotatable bonds is 3. The Morgan fingerprint density at radius 2 is 1.75 bits per heavy atom. The lowest BCUT2D eigenvalue weighted by atomic mass is 10.1. The summed E-state index contributed by atoms with van der Waals surface area (Å²) in [5.41, 5.74) is 0.119. The highest BCUT2D eigenvalue weighted by molar-refractivity contribution is 5.74. The van der Waals surface area contributed by atoms with Crippen LogP contribution in [0.25, 0.3) is 11.3 Å². The average molecular weight is 334 g/mol. The summed E-state index contributed by atoms with van der Waals surface area (Å²) in [4.78, 5) is 25.2. The Kier molecular flexibility index (Phi) is 4.33. The normalized spacial score (nSPS) is 14.8. The smallest absolute Gasteiger partial charge is 0.219 e. The third-order valence-corrected chi connectivity index (χ3v) is 4.09. The summed E-state index contributed by atoms with van der Waals surface area (Å²) in [6.45, 7) is 3.06. The van der Waals surface area contributed by atoms with Gasteiger partial charge in [-0.05, 0) is 24.3 Å². The molecule has 5 nitrogen and oxygen atoms in total. The van der Waals surface area contributed by atoms with Gasteiger partial charge in [0.25, 0.3) is 0 Å². The first-order chi connectivity index (χ1) is 11.5. The summed E-state index contributed by atoms with van der Waals surface area (Å²) >= 11 is 0. The van der Waals surface area contributed by atoms with Crippen molar-refractivity contribution in [3.63, 3.8) is 0 Å². The van der Waals surface area contributed by atoms with E-state index in [1.165, 1.54) is 31.2 Å². The highest BCUT2D eigenvalue weighted by Crippen LogP contribution is 2.31. The van der Waals surface area contributed by atoms with Crippen LogP contribution in [0.2, 0.25) is 0 Å². The van der Waals surface area contributed by atoms with Gasteiger partial charge in [-0.25, -0.2) is 8.78 Å². The fraction of sp³-hybridized carbons (Fsp3) is 0.294. The van der Waals surface area contributed by atoms with E-state index in [9.17, 15) is 18.4 Å². The zero-order chi connectivity index (χ0) is 17.3. The lowest BCUT2D eigenvalue weighted by Crippen LogP contribution is -2.48. The van der Waals surface area contributed by atoms with E-state index in [1.807, 2.05) is 0 Å². The Morgan fingerprint density at radius 3 is 2.25 bits per heavy atom. The third kappa shape index (κ3) is 3.02. The summed E-state index contributed by atoms with van der Waals surface area (Å²) in [5, 5.41) is 0. The standard InChI is InChI=1S/C17H16F2N2O3/c1-11(23)20-4-6-21(7-5-20)17-14(18)8-12(9-15(17)19)16-3-2-13(10-22)24-16/h2-3,8-10H,4-7H2,1H3. The van der Waals surface area contributed by atoms with Crippen molar-refractivity contribution in [2.24, 2.45) is 0 Å². The number of amides is 1. The molecule has 126 valence electrons. The predicted octanol–water partition coefficient (Wildman–Crippen LogP) is 2.71. The van der Waals surface area contributed by atoms with Crippen LogP contribution in [0.5, 0.6) is 0 Å². The number of hydrogen-bond acceptors (Lipinski definition) is 4. The molecular weight excluding hydrogens is 318 g/mol. The van der Waals surface area contributed by atoms with Crippen molar-refractivity contribution in [1.82, 2.24) is 4.90 Å². The van der Waals surface area contributed by atoms with Crippen molar-refractivity contribution in [2.45, 2.75) is 6.92 Å². The predicted molar refractivity (Wildman–Crippen MR) is 83.9 cm³/mol. The van der Waals surface area contributed by atoms with Gasteiger partial charge in [-0.1, -0.05) is 0 Å². The minimum atomic E-state index is -0.703. The van der Waals surface area contributed by atoms with Crippen LogP contribution in [0.1, 0.15) is 17.5 Å². The molecule has 2 heterocycles. The number of nitrogens with zero attached hydrogens (tertiary/aromatic N) is 2. The van der Waals surface area contributed by atoms with Crippen LogP contribution in [-0.2, 0) is 4.79 Å². The molecule has 0 N–H and O–H groups in total. The van der Waals surface area contributed by atoms with E-state index in [4.69, 9.17) is 4.42 Å². The number of carbonyl (C=O) groups excluding carboxylic acids is 2. The lowest BCUT2D eigenvalue weighted by Gasteiger charge is -2.35. The van der Waals surface area contributed by atoms with Crippen molar-refractivity contribution in [3.05, 3.63) is 41.7 Å². The number of carbonyl (C=O) groups is 2. The zero-order valence-corrected chi connectivity index (χ0v) is 13.1. The van der Waals surface area contributed by atoms with E-state index in [1.54, 1.807) is 9.80 Å². The molecule has 0 aliphatic carbocycles. The number of anilines is 1. The molecule has 1 amide bonds. The Balaban J connectivity index is 1.85. The molecule has 0 atom stereocenters. The molecule has 0 unspecified atom stereocenters. The van der Waals surface area contributed by atoms with Crippen molar-refractivity contribution in [1.29, 1.82) is 0 Å². The molecule has 0 bridgehead atoms.